The van der Waals surface area contributed by atoms with Gasteiger partial charge in [0.1, 0.15) is 5.69 Å². The van der Waals surface area contributed by atoms with Crippen LogP contribution in [0, 0.1) is 0 Å². The number of nitrogens with two attached hydrogens (primary N) is 1. The molecule has 0 aliphatic heterocycles. The number of nitrogens with zero attached hydrogens (tertiary/aromatic N) is 1. The van der Waals surface area contributed by atoms with E-state index in [0.29, 0.717) is 17.4 Å². The third kappa shape index (κ3) is 2.47. The Morgan fingerprint density at radius 2 is 2.17 bits per heavy atom. The van der Waals surface area contributed by atoms with Gasteiger partial charge in [0.05, 0.1) is 12.8 Å². The van der Waals surface area contributed by atoms with Crippen LogP contribution in [-0.2, 0) is 14.3 Å². The van der Waals surface area contributed by atoms with Gasteiger partial charge in [-0.15, -0.1) is 0 Å². The second-order valence-electron chi connectivity index (χ2n) is 4.37. The summed E-state index contributed by atoms with van der Waals surface area (Å²) >= 11 is 0. The maximum Gasteiger partial charge on any atom is 0.355 e. The molecule has 1 aromatic rings. The fraction of sp³-hybridized carbons (Fsp3) is 0.500. The lowest BCUT2D eigenvalue weighted by atomic mass is 10.3. The van der Waals surface area contributed by atoms with Crippen LogP contribution in [0.1, 0.15) is 36.3 Å². The molecule has 1 fully saturated rings. The molecule has 1 aliphatic rings. The largest absolute Gasteiger partial charge is 0.466 e. The molecule has 1 unspecified atom stereocenters. The van der Waals surface area contributed by atoms with Gasteiger partial charge in [-0.1, -0.05) is 0 Å². The van der Waals surface area contributed by atoms with Crippen molar-refractivity contribution in [3.8, 4) is 0 Å². The molecule has 0 saturated heterocycles. The summed E-state index contributed by atoms with van der Waals surface area (Å²) in [5.74, 6) is -1.14. The van der Waals surface area contributed by atoms with Gasteiger partial charge in [-0.05, 0) is 25.8 Å². The number of rotatable bonds is 4. The molecular formula is C12H16N2O4. The molecule has 0 spiro atoms. The lowest BCUT2D eigenvalue weighted by Gasteiger charge is -2.12. The Morgan fingerprint density at radius 3 is 2.72 bits per heavy atom. The Kier molecular flexibility index (Phi) is 3.27. The van der Waals surface area contributed by atoms with Crippen LogP contribution in [0.4, 0.5) is 5.69 Å². The van der Waals surface area contributed by atoms with E-state index in [1.165, 1.54) is 14.0 Å². The van der Waals surface area contributed by atoms with E-state index in [-0.39, 0.29) is 0 Å². The molecule has 98 valence electrons. The van der Waals surface area contributed by atoms with Crippen molar-refractivity contribution < 1.29 is 19.1 Å². The van der Waals surface area contributed by atoms with Gasteiger partial charge in [-0.3, -0.25) is 0 Å². The van der Waals surface area contributed by atoms with Crippen molar-refractivity contribution in [2.45, 2.75) is 31.9 Å². The number of nitrogen functional groups attached to an aromatic ring is 1. The lowest BCUT2D eigenvalue weighted by Crippen LogP contribution is -2.26. The number of ether oxygens (including phenoxy) is 2. The Morgan fingerprint density at radius 1 is 1.50 bits per heavy atom. The van der Waals surface area contributed by atoms with E-state index in [1.807, 2.05) is 4.57 Å². The van der Waals surface area contributed by atoms with Gasteiger partial charge in [0, 0.05) is 12.2 Å². The van der Waals surface area contributed by atoms with E-state index in [9.17, 15) is 9.59 Å². The minimum Gasteiger partial charge on any atom is -0.466 e. The average molecular weight is 252 g/mol. The number of anilines is 1. The molecule has 6 nitrogen and oxygen atoms in total. The minimum atomic E-state index is -0.925. The molecule has 2 N–H and O–H groups in total. The van der Waals surface area contributed by atoms with Gasteiger partial charge in [0.25, 0.3) is 0 Å². The highest BCUT2D eigenvalue weighted by molar-refractivity contribution is 5.91. The molecule has 6 heteroatoms. The van der Waals surface area contributed by atoms with Crippen LogP contribution in [0.5, 0.6) is 0 Å². The van der Waals surface area contributed by atoms with Crippen LogP contribution in [0.2, 0.25) is 0 Å². The predicted octanol–water partition coefficient (Wildman–Crippen LogP) is 1.12. The monoisotopic (exact) mass is 252 g/mol. The SMILES string of the molecule is COC(=O)C(C)OC(=O)c1cc(N)cn1C1CC1. The van der Waals surface area contributed by atoms with Gasteiger partial charge in [0.2, 0.25) is 0 Å². The summed E-state index contributed by atoms with van der Waals surface area (Å²) in [4.78, 5) is 23.1. The van der Waals surface area contributed by atoms with E-state index in [0.717, 1.165) is 12.8 Å². The van der Waals surface area contributed by atoms with Crippen LogP contribution in [0.25, 0.3) is 0 Å². The topological polar surface area (TPSA) is 83.6 Å². The van der Waals surface area contributed by atoms with Gasteiger partial charge in [-0.2, -0.15) is 0 Å². The summed E-state index contributed by atoms with van der Waals surface area (Å²) in [6, 6.07) is 1.88. The van der Waals surface area contributed by atoms with Crippen molar-refractivity contribution >= 4 is 17.6 Å². The molecular weight excluding hydrogens is 236 g/mol. The zero-order valence-corrected chi connectivity index (χ0v) is 10.4. The van der Waals surface area contributed by atoms with E-state index in [2.05, 4.69) is 4.74 Å². The number of aromatic nitrogens is 1. The van der Waals surface area contributed by atoms with Crippen molar-refractivity contribution in [3.05, 3.63) is 18.0 Å². The summed E-state index contributed by atoms with van der Waals surface area (Å²) in [5, 5.41) is 0. The van der Waals surface area contributed by atoms with E-state index >= 15 is 0 Å². The van der Waals surface area contributed by atoms with E-state index in [1.54, 1.807) is 12.3 Å². The van der Waals surface area contributed by atoms with Crippen LogP contribution in [0.15, 0.2) is 12.3 Å². The zero-order valence-electron chi connectivity index (χ0n) is 10.4. The molecule has 0 bridgehead atoms. The van der Waals surface area contributed by atoms with Crippen LogP contribution >= 0.6 is 0 Å². The highest BCUT2D eigenvalue weighted by Gasteiger charge is 2.29. The minimum absolute atomic E-state index is 0.318. The van der Waals surface area contributed by atoms with Crippen LogP contribution in [0.3, 0.4) is 0 Å². The number of methoxy groups -OCH3 is 1. The molecule has 1 atom stereocenters. The van der Waals surface area contributed by atoms with Crippen LogP contribution in [-0.4, -0.2) is 29.7 Å². The first-order chi connectivity index (χ1) is 8.52. The third-order valence-corrected chi connectivity index (χ3v) is 2.84. The Hall–Kier alpha value is -1.98. The summed E-state index contributed by atoms with van der Waals surface area (Å²) < 4.78 is 11.3. The predicted molar refractivity (Wildman–Crippen MR) is 64.0 cm³/mol. The number of hydrogen-bond acceptors (Lipinski definition) is 5. The quantitative estimate of drug-likeness (QED) is 0.812. The van der Waals surface area contributed by atoms with Gasteiger partial charge in [-0.25, -0.2) is 9.59 Å². The second kappa shape index (κ2) is 4.72. The Bertz CT molecular complexity index is 476. The molecule has 18 heavy (non-hydrogen) atoms. The van der Waals surface area contributed by atoms with Crippen molar-refractivity contribution in [2.75, 3.05) is 12.8 Å². The molecule has 0 radical (unpaired) electrons. The smallest absolute Gasteiger partial charge is 0.355 e. The lowest BCUT2D eigenvalue weighted by molar-refractivity contribution is -0.149. The fourth-order valence-corrected chi connectivity index (χ4v) is 1.75. The number of esters is 2. The Balaban J connectivity index is 2.11. The fourth-order valence-electron chi connectivity index (χ4n) is 1.75. The molecule has 1 aliphatic carbocycles. The number of hydrogen-bond donors (Lipinski definition) is 1. The van der Waals surface area contributed by atoms with Crippen LogP contribution < -0.4 is 5.73 Å². The van der Waals surface area contributed by atoms with Gasteiger partial charge >= 0.3 is 11.9 Å². The van der Waals surface area contributed by atoms with Crippen molar-refractivity contribution in [3.63, 3.8) is 0 Å². The molecule has 2 rings (SSSR count). The van der Waals surface area contributed by atoms with Crippen molar-refractivity contribution in [1.29, 1.82) is 0 Å². The molecule has 1 saturated carbocycles. The zero-order chi connectivity index (χ0) is 13.3. The molecule has 0 aromatic carbocycles. The highest BCUT2D eigenvalue weighted by Crippen LogP contribution is 2.37. The van der Waals surface area contributed by atoms with Crippen molar-refractivity contribution in [2.24, 2.45) is 0 Å². The summed E-state index contributed by atoms with van der Waals surface area (Å²) in [6.45, 7) is 1.47. The second-order valence-corrected chi connectivity index (χ2v) is 4.37. The first kappa shape index (κ1) is 12.5. The standard InChI is InChI=1S/C12H16N2O4/c1-7(11(15)17-2)18-12(16)10-5-8(13)6-14(10)9-3-4-9/h5-7,9H,3-4,13H2,1-2H3. The van der Waals surface area contributed by atoms with Crippen molar-refractivity contribution in [1.82, 2.24) is 4.57 Å². The van der Waals surface area contributed by atoms with Gasteiger partial charge in [0.15, 0.2) is 6.10 Å². The van der Waals surface area contributed by atoms with Gasteiger partial charge < -0.3 is 19.8 Å². The molecule has 1 heterocycles. The number of carbonyl (C=O) groups excluding carboxylic acids is 2. The first-order valence-corrected chi connectivity index (χ1v) is 5.79. The summed E-state index contributed by atoms with van der Waals surface area (Å²) in [7, 11) is 1.25. The summed E-state index contributed by atoms with van der Waals surface area (Å²) in [5.41, 5.74) is 6.57. The highest BCUT2D eigenvalue weighted by atomic mass is 16.6. The third-order valence-electron chi connectivity index (χ3n) is 2.84. The maximum absolute atomic E-state index is 11.9. The first-order valence-electron chi connectivity index (χ1n) is 5.79. The van der Waals surface area contributed by atoms with E-state index < -0.39 is 18.0 Å². The van der Waals surface area contributed by atoms with E-state index in [4.69, 9.17) is 10.5 Å². The average Bonchev–Trinajstić information content (AvgIpc) is 3.11. The molecule has 0 amide bonds. The summed E-state index contributed by atoms with van der Waals surface area (Å²) in [6.07, 6.45) is 2.85. The normalized spacial score (nSPS) is 16.1. The molecule has 1 aromatic heterocycles. The maximum atomic E-state index is 11.9. The number of carbonyl (C=O) groups is 2. The Labute approximate surface area is 105 Å².